The molecule has 180 valence electrons. The Balaban J connectivity index is 1.54. The highest BCUT2D eigenvalue weighted by molar-refractivity contribution is 5.95. The van der Waals surface area contributed by atoms with Gasteiger partial charge in [-0.3, -0.25) is 19.8 Å². The molecule has 1 saturated heterocycles. The van der Waals surface area contributed by atoms with Gasteiger partial charge in [0.1, 0.15) is 5.84 Å². The standard InChI is InChI=1S/C24H35N5O4/c1-2-33-23(32)14-20(17-6-4-3-5-7-17)27-21(30)15-29-13-12-28(16-22(29)31)19-10-8-18(9-11-19)24(25)26/h8-11,17,20H,2-7,12-16H2,1H3,(H3,25,26)(H,27,30). The number of hydrogen-bond acceptors (Lipinski definition) is 6. The Morgan fingerprint density at radius 1 is 1.18 bits per heavy atom. The molecule has 1 aromatic rings. The maximum absolute atomic E-state index is 12.8. The fourth-order valence-corrected chi connectivity index (χ4v) is 4.65. The number of benzene rings is 1. The molecule has 0 radical (unpaired) electrons. The van der Waals surface area contributed by atoms with Crippen LogP contribution in [0.1, 0.15) is 51.0 Å². The van der Waals surface area contributed by atoms with Crippen molar-refractivity contribution in [3.8, 4) is 0 Å². The van der Waals surface area contributed by atoms with Crippen molar-refractivity contribution in [3.05, 3.63) is 29.8 Å². The number of esters is 1. The summed E-state index contributed by atoms with van der Waals surface area (Å²) in [6.07, 6.45) is 5.55. The Labute approximate surface area is 195 Å². The van der Waals surface area contributed by atoms with E-state index in [4.69, 9.17) is 15.9 Å². The van der Waals surface area contributed by atoms with Gasteiger partial charge in [-0.25, -0.2) is 0 Å². The Morgan fingerprint density at radius 3 is 2.48 bits per heavy atom. The quantitative estimate of drug-likeness (QED) is 0.294. The Morgan fingerprint density at radius 2 is 1.88 bits per heavy atom. The molecule has 1 saturated carbocycles. The Hall–Kier alpha value is -3.10. The van der Waals surface area contributed by atoms with Gasteiger partial charge in [-0.15, -0.1) is 0 Å². The summed E-state index contributed by atoms with van der Waals surface area (Å²) in [4.78, 5) is 41.1. The fourth-order valence-electron chi connectivity index (χ4n) is 4.65. The van der Waals surface area contributed by atoms with Crippen LogP contribution >= 0.6 is 0 Å². The third-order valence-corrected chi connectivity index (χ3v) is 6.45. The summed E-state index contributed by atoms with van der Waals surface area (Å²) in [7, 11) is 0. The number of carbonyl (C=O) groups is 3. The normalized spacial score (nSPS) is 18.0. The van der Waals surface area contributed by atoms with Crippen molar-refractivity contribution in [2.75, 3.05) is 37.7 Å². The lowest BCUT2D eigenvalue weighted by atomic mass is 9.82. The molecule has 1 atom stereocenters. The van der Waals surface area contributed by atoms with Gasteiger partial charge in [-0.2, -0.15) is 0 Å². The van der Waals surface area contributed by atoms with Crippen LogP contribution in [0, 0.1) is 11.3 Å². The molecular formula is C24H35N5O4. The third kappa shape index (κ3) is 6.94. The lowest BCUT2D eigenvalue weighted by Crippen LogP contribution is -2.54. The molecule has 0 spiro atoms. The number of hydrogen-bond donors (Lipinski definition) is 3. The van der Waals surface area contributed by atoms with E-state index < -0.39 is 0 Å². The first-order valence-corrected chi connectivity index (χ1v) is 11.8. The van der Waals surface area contributed by atoms with Crippen LogP contribution in [-0.2, 0) is 19.1 Å². The highest BCUT2D eigenvalue weighted by atomic mass is 16.5. The first kappa shape index (κ1) is 24.5. The second-order valence-corrected chi connectivity index (χ2v) is 8.78. The molecule has 2 aliphatic rings. The summed E-state index contributed by atoms with van der Waals surface area (Å²) in [5.41, 5.74) is 7.01. The number of nitrogen functional groups attached to an aromatic ring is 1. The zero-order valence-corrected chi connectivity index (χ0v) is 19.3. The molecule has 1 aromatic carbocycles. The van der Waals surface area contributed by atoms with Crippen molar-refractivity contribution in [2.24, 2.45) is 11.7 Å². The topological polar surface area (TPSA) is 129 Å². The fraction of sp³-hybridized carbons (Fsp3) is 0.583. The third-order valence-electron chi connectivity index (χ3n) is 6.45. The molecule has 1 heterocycles. The van der Waals surface area contributed by atoms with E-state index >= 15 is 0 Å². The van der Waals surface area contributed by atoms with E-state index in [-0.39, 0.29) is 55.1 Å². The molecule has 3 rings (SSSR count). The van der Waals surface area contributed by atoms with Crippen molar-refractivity contribution in [3.63, 3.8) is 0 Å². The lowest BCUT2D eigenvalue weighted by Gasteiger charge is -2.36. The number of anilines is 1. The van der Waals surface area contributed by atoms with Crippen LogP contribution in [0.4, 0.5) is 5.69 Å². The monoisotopic (exact) mass is 457 g/mol. The molecule has 2 fully saturated rings. The average Bonchev–Trinajstić information content (AvgIpc) is 2.81. The molecular weight excluding hydrogens is 422 g/mol. The van der Waals surface area contributed by atoms with Crippen LogP contribution in [0.5, 0.6) is 0 Å². The number of nitrogens with one attached hydrogen (secondary N) is 2. The smallest absolute Gasteiger partial charge is 0.307 e. The van der Waals surface area contributed by atoms with E-state index in [2.05, 4.69) is 5.32 Å². The van der Waals surface area contributed by atoms with Crippen LogP contribution in [0.25, 0.3) is 0 Å². The molecule has 1 aliphatic heterocycles. The molecule has 9 heteroatoms. The van der Waals surface area contributed by atoms with Crippen molar-refractivity contribution in [2.45, 2.75) is 51.5 Å². The maximum atomic E-state index is 12.8. The zero-order valence-electron chi connectivity index (χ0n) is 19.3. The molecule has 9 nitrogen and oxygen atoms in total. The largest absolute Gasteiger partial charge is 0.466 e. The highest BCUT2D eigenvalue weighted by Crippen LogP contribution is 2.28. The molecule has 0 bridgehead atoms. The van der Waals surface area contributed by atoms with Gasteiger partial charge in [0.05, 0.1) is 26.1 Å². The van der Waals surface area contributed by atoms with E-state index in [0.29, 0.717) is 25.3 Å². The number of amides is 2. The first-order chi connectivity index (χ1) is 15.9. The maximum Gasteiger partial charge on any atom is 0.307 e. The minimum atomic E-state index is -0.297. The highest BCUT2D eigenvalue weighted by Gasteiger charge is 2.30. The van der Waals surface area contributed by atoms with Crippen LogP contribution in [0.3, 0.4) is 0 Å². The van der Waals surface area contributed by atoms with Gasteiger partial charge in [0.2, 0.25) is 11.8 Å². The van der Waals surface area contributed by atoms with Crippen LogP contribution < -0.4 is 16.0 Å². The summed E-state index contributed by atoms with van der Waals surface area (Å²) < 4.78 is 5.11. The van der Waals surface area contributed by atoms with E-state index in [1.807, 2.05) is 17.0 Å². The van der Waals surface area contributed by atoms with Crippen molar-refractivity contribution < 1.29 is 19.1 Å². The number of amidine groups is 1. The van der Waals surface area contributed by atoms with E-state index in [1.54, 1.807) is 24.0 Å². The van der Waals surface area contributed by atoms with Crippen molar-refractivity contribution in [1.82, 2.24) is 10.2 Å². The lowest BCUT2D eigenvalue weighted by molar-refractivity contribution is -0.144. The van der Waals surface area contributed by atoms with Crippen LogP contribution in [-0.4, -0.2) is 67.3 Å². The van der Waals surface area contributed by atoms with Gasteiger partial charge in [-0.1, -0.05) is 19.3 Å². The van der Waals surface area contributed by atoms with E-state index in [1.165, 1.54) is 6.42 Å². The summed E-state index contributed by atoms with van der Waals surface area (Å²) in [5, 5.41) is 10.5. The minimum absolute atomic E-state index is 0.00273. The predicted molar refractivity (Wildman–Crippen MR) is 126 cm³/mol. The number of carbonyl (C=O) groups excluding carboxylic acids is 3. The molecule has 2 amide bonds. The average molecular weight is 458 g/mol. The number of nitrogens with two attached hydrogens (primary N) is 1. The van der Waals surface area contributed by atoms with Crippen LogP contribution in [0.2, 0.25) is 0 Å². The van der Waals surface area contributed by atoms with E-state index in [0.717, 1.165) is 31.4 Å². The van der Waals surface area contributed by atoms with Gasteiger partial charge in [-0.05, 0) is 49.9 Å². The number of piperazine rings is 1. The summed E-state index contributed by atoms with van der Waals surface area (Å²) >= 11 is 0. The predicted octanol–water partition coefficient (Wildman–Crippen LogP) is 1.64. The second-order valence-electron chi connectivity index (χ2n) is 8.78. The van der Waals surface area contributed by atoms with Gasteiger partial charge >= 0.3 is 5.97 Å². The Bertz CT molecular complexity index is 851. The molecule has 1 unspecified atom stereocenters. The van der Waals surface area contributed by atoms with Crippen LogP contribution in [0.15, 0.2) is 24.3 Å². The van der Waals surface area contributed by atoms with Gasteiger partial charge < -0.3 is 25.6 Å². The molecule has 33 heavy (non-hydrogen) atoms. The zero-order chi connectivity index (χ0) is 23.8. The van der Waals surface area contributed by atoms with E-state index in [9.17, 15) is 14.4 Å². The molecule has 0 aromatic heterocycles. The second kappa shape index (κ2) is 11.7. The summed E-state index contributed by atoms with van der Waals surface area (Å²) in [6.45, 7) is 3.30. The van der Waals surface area contributed by atoms with Gasteiger partial charge in [0, 0.05) is 30.4 Å². The number of nitrogens with zero attached hydrogens (tertiary/aromatic N) is 2. The van der Waals surface area contributed by atoms with Gasteiger partial charge in [0.15, 0.2) is 0 Å². The molecule has 1 aliphatic carbocycles. The first-order valence-electron chi connectivity index (χ1n) is 11.8. The SMILES string of the molecule is CCOC(=O)CC(NC(=O)CN1CCN(c2ccc(C(=N)N)cc2)CC1=O)C1CCCCC1. The van der Waals surface area contributed by atoms with Gasteiger partial charge in [0.25, 0.3) is 0 Å². The minimum Gasteiger partial charge on any atom is -0.466 e. The Kier molecular flexibility index (Phi) is 8.68. The van der Waals surface area contributed by atoms with Crippen molar-refractivity contribution in [1.29, 1.82) is 5.41 Å². The number of rotatable bonds is 9. The summed E-state index contributed by atoms with van der Waals surface area (Å²) in [6, 6.07) is 6.95. The number of ether oxygens (including phenoxy) is 1. The van der Waals surface area contributed by atoms with Crippen molar-refractivity contribution >= 4 is 29.3 Å². The molecule has 4 N–H and O–H groups in total. The summed E-state index contributed by atoms with van der Waals surface area (Å²) in [5.74, 6) is -0.386.